The molecule has 2 unspecified atom stereocenters. The van der Waals surface area contributed by atoms with Crippen LogP contribution in [0, 0.1) is 5.41 Å². The van der Waals surface area contributed by atoms with Gasteiger partial charge in [0.25, 0.3) is 0 Å². The fourth-order valence-corrected chi connectivity index (χ4v) is 4.64. The fraction of sp³-hybridized carbons (Fsp3) is 0.500. The molecule has 1 aliphatic carbocycles. The zero-order chi connectivity index (χ0) is 15.4. The molecule has 0 amide bonds. The molecule has 1 spiro atoms. The van der Waals surface area contributed by atoms with E-state index in [1.165, 1.54) is 30.4 Å². The van der Waals surface area contributed by atoms with Crippen molar-refractivity contribution in [3.63, 3.8) is 0 Å². The molecule has 128 valence electrons. The number of fused-ring (bicyclic) bond motifs is 1. The first-order valence-corrected chi connectivity index (χ1v) is 8.50. The zero-order valence-corrected chi connectivity index (χ0v) is 14.3. The van der Waals surface area contributed by atoms with Gasteiger partial charge in [0.2, 0.25) is 0 Å². The van der Waals surface area contributed by atoms with Gasteiger partial charge in [0.1, 0.15) is 12.0 Å². The minimum Gasteiger partial charge on any atom is -0.471 e. The lowest BCUT2D eigenvalue weighted by Crippen LogP contribution is -2.34. The lowest BCUT2D eigenvalue weighted by atomic mass is 9.66. The van der Waals surface area contributed by atoms with Crippen molar-refractivity contribution in [2.75, 3.05) is 0 Å². The van der Waals surface area contributed by atoms with E-state index in [0.717, 1.165) is 37.9 Å². The lowest BCUT2D eigenvalue weighted by molar-refractivity contribution is 0.0854. The van der Waals surface area contributed by atoms with Gasteiger partial charge in [0.05, 0.1) is 11.1 Å². The number of rotatable bonds is 1. The summed E-state index contributed by atoms with van der Waals surface area (Å²) in [5.74, 6) is 0.773. The predicted molar refractivity (Wildman–Crippen MR) is 91.2 cm³/mol. The first-order valence-electron chi connectivity index (χ1n) is 8.50. The van der Waals surface area contributed by atoms with Crippen molar-refractivity contribution in [1.29, 1.82) is 0 Å². The molecule has 24 heavy (non-hydrogen) atoms. The van der Waals surface area contributed by atoms with Crippen LogP contribution in [-0.2, 0) is 4.74 Å². The second-order valence-corrected chi connectivity index (χ2v) is 6.90. The van der Waals surface area contributed by atoms with Crippen LogP contribution in [0.2, 0.25) is 0 Å². The predicted octanol–water partition coefficient (Wildman–Crippen LogP) is 4.06. The number of hydrogen-bond acceptors (Lipinski definition) is 4. The number of aromatic nitrogens is 1. The molecule has 5 rings (SSSR count). The average molecular weight is 349 g/mol. The van der Waals surface area contributed by atoms with E-state index in [1.807, 2.05) is 0 Å². The van der Waals surface area contributed by atoms with E-state index in [-0.39, 0.29) is 29.8 Å². The summed E-state index contributed by atoms with van der Waals surface area (Å²) in [5, 5.41) is 0. The van der Waals surface area contributed by atoms with Gasteiger partial charge in [-0.1, -0.05) is 12.5 Å². The quantitative estimate of drug-likeness (QED) is 0.767. The van der Waals surface area contributed by atoms with Gasteiger partial charge in [-0.15, -0.1) is 12.4 Å². The molecule has 0 aromatic carbocycles. The Labute approximate surface area is 146 Å². The van der Waals surface area contributed by atoms with E-state index in [2.05, 4.69) is 23.4 Å². The molecule has 3 aliphatic heterocycles. The smallest absolute Gasteiger partial charge is 0.421 e. The van der Waals surface area contributed by atoms with Gasteiger partial charge in [-0.25, -0.2) is 9.36 Å². The Morgan fingerprint density at radius 1 is 1.25 bits per heavy atom. The monoisotopic (exact) mass is 348 g/mol. The molecule has 1 aromatic rings. The van der Waals surface area contributed by atoms with Gasteiger partial charge in [0.15, 0.2) is 6.23 Å². The van der Waals surface area contributed by atoms with Gasteiger partial charge in [-0.05, 0) is 37.7 Å². The molecule has 0 radical (unpaired) electrons. The number of hydrogen-bond donors (Lipinski definition) is 0. The Morgan fingerprint density at radius 2 is 2.17 bits per heavy atom. The summed E-state index contributed by atoms with van der Waals surface area (Å²) in [5.41, 5.74) is 2.74. The van der Waals surface area contributed by atoms with Crippen molar-refractivity contribution in [3.05, 3.63) is 58.5 Å². The van der Waals surface area contributed by atoms with E-state index in [0.29, 0.717) is 0 Å². The molecular formula is C18H21ClN2O3. The summed E-state index contributed by atoms with van der Waals surface area (Å²) in [6.45, 7) is 0. The molecule has 4 heterocycles. The normalized spacial score (nSPS) is 30.8. The molecule has 5 nitrogen and oxygen atoms in total. The summed E-state index contributed by atoms with van der Waals surface area (Å²) in [6, 6.07) is 0. The van der Waals surface area contributed by atoms with Gasteiger partial charge in [-0.3, -0.25) is 0 Å². The maximum absolute atomic E-state index is 11.9. The van der Waals surface area contributed by atoms with E-state index in [1.54, 1.807) is 10.8 Å². The van der Waals surface area contributed by atoms with Crippen molar-refractivity contribution in [3.8, 4) is 0 Å². The maximum atomic E-state index is 11.9. The first-order chi connectivity index (χ1) is 11.3. The van der Waals surface area contributed by atoms with E-state index in [9.17, 15) is 4.79 Å². The molecule has 0 bridgehead atoms. The fourth-order valence-electron chi connectivity index (χ4n) is 4.64. The van der Waals surface area contributed by atoms with Crippen LogP contribution in [0.5, 0.6) is 0 Å². The third-order valence-corrected chi connectivity index (χ3v) is 5.72. The number of oxazole rings is 1. The highest BCUT2D eigenvalue weighted by Gasteiger charge is 2.53. The number of allylic oxidation sites excluding steroid dienone is 3. The van der Waals surface area contributed by atoms with E-state index in [4.69, 9.17) is 9.15 Å². The highest BCUT2D eigenvalue weighted by molar-refractivity contribution is 5.85. The van der Waals surface area contributed by atoms with Gasteiger partial charge >= 0.3 is 5.76 Å². The Hall–Kier alpha value is -1.88. The Kier molecular flexibility index (Phi) is 3.64. The standard InChI is InChI=1S/C18H20N2O3.ClH/c21-17-20(9-10-22-17)15-11-18-7-3-1-5-13(18)12-19-8-4-2-6-14(19)16(18)23-15;/h4,8-10,12,15H,1-3,5-7,11H2;1H. The van der Waals surface area contributed by atoms with E-state index >= 15 is 0 Å². The molecule has 0 N–H and O–H groups in total. The van der Waals surface area contributed by atoms with Gasteiger partial charge in [-0.2, -0.15) is 0 Å². The van der Waals surface area contributed by atoms with Crippen molar-refractivity contribution in [2.45, 2.75) is 51.2 Å². The molecule has 6 heteroatoms. The van der Waals surface area contributed by atoms with Gasteiger partial charge in [0, 0.05) is 25.0 Å². The molecule has 1 saturated carbocycles. The molecule has 1 aromatic heterocycles. The van der Waals surface area contributed by atoms with Crippen molar-refractivity contribution >= 4 is 12.4 Å². The highest BCUT2D eigenvalue weighted by atomic mass is 35.5. The summed E-state index contributed by atoms with van der Waals surface area (Å²) in [4.78, 5) is 14.2. The summed E-state index contributed by atoms with van der Waals surface area (Å²) in [6.07, 6.45) is 17.2. The number of nitrogens with zero attached hydrogens (tertiary/aromatic N) is 2. The minimum absolute atomic E-state index is 0. The first kappa shape index (κ1) is 15.6. The molecular weight excluding hydrogens is 328 g/mol. The molecule has 1 saturated heterocycles. The van der Waals surface area contributed by atoms with Crippen LogP contribution >= 0.6 is 12.4 Å². The zero-order valence-electron chi connectivity index (χ0n) is 13.4. The topological polar surface area (TPSA) is 47.6 Å². The maximum Gasteiger partial charge on any atom is 0.421 e. The SMILES string of the molecule is Cl.O=c1occn1C1CC23CCCCC2=CN2C=CCCC2=C3O1. The Balaban J connectivity index is 0.00000146. The highest BCUT2D eigenvalue weighted by Crippen LogP contribution is 2.60. The molecule has 2 fully saturated rings. The molecule has 2 atom stereocenters. The van der Waals surface area contributed by atoms with Crippen molar-refractivity contribution in [2.24, 2.45) is 5.41 Å². The van der Waals surface area contributed by atoms with Crippen LogP contribution in [0.25, 0.3) is 0 Å². The summed E-state index contributed by atoms with van der Waals surface area (Å²) in [7, 11) is 0. The van der Waals surface area contributed by atoms with Crippen LogP contribution in [0.3, 0.4) is 0 Å². The molecule has 4 aliphatic rings. The number of ether oxygens (including phenoxy) is 1. The van der Waals surface area contributed by atoms with Crippen LogP contribution < -0.4 is 5.76 Å². The lowest BCUT2D eigenvalue weighted by Gasteiger charge is -2.42. The largest absolute Gasteiger partial charge is 0.471 e. The second kappa shape index (κ2) is 5.59. The third-order valence-electron chi connectivity index (χ3n) is 5.72. The van der Waals surface area contributed by atoms with Crippen molar-refractivity contribution in [1.82, 2.24) is 9.47 Å². The Bertz CT molecular complexity index is 803. The average Bonchev–Trinajstić information content (AvgIpc) is 3.16. The summed E-state index contributed by atoms with van der Waals surface area (Å²) >= 11 is 0. The summed E-state index contributed by atoms with van der Waals surface area (Å²) < 4.78 is 12.9. The minimum atomic E-state index is -0.336. The second-order valence-electron chi connectivity index (χ2n) is 6.90. The van der Waals surface area contributed by atoms with Crippen LogP contribution in [-0.4, -0.2) is 9.47 Å². The van der Waals surface area contributed by atoms with Crippen LogP contribution in [0.15, 0.2) is 57.2 Å². The van der Waals surface area contributed by atoms with Crippen LogP contribution in [0.4, 0.5) is 0 Å². The van der Waals surface area contributed by atoms with Crippen LogP contribution in [0.1, 0.15) is 51.2 Å². The number of halogens is 1. The van der Waals surface area contributed by atoms with Crippen molar-refractivity contribution < 1.29 is 9.15 Å². The third kappa shape index (κ3) is 2.04. The Morgan fingerprint density at radius 3 is 3.00 bits per heavy atom. The van der Waals surface area contributed by atoms with E-state index < -0.39 is 0 Å². The van der Waals surface area contributed by atoms with Gasteiger partial charge < -0.3 is 14.1 Å².